The van der Waals surface area contributed by atoms with Gasteiger partial charge in [0.05, 0.1) is 5.92 Å². The Morgan fingerprint density at radius 2 is 1.15 bits per heavy atom. The third kappa shape index (κ3) is 4.09. The van der Waals surface area contributed by atoms with Crippen LogP contribution >= 0.6 is 0 Å². The maximum Gasteiger partial charge on any atom is 0.135 e. The number of ether oxygens (including phenoxy) is 1. The van der Waals surface area contributed by atoms with Crippen LogP contribution in [-0.2, 0) is 0 Å². The number of phenolic OH excluding ortho intramolecular Hbond substituents is 5. The van der Waals surface area contributed by atoms with Gasteiger partial charge in [-0.1, -0.05) is 36.4 Å². The van der Waals surface area contributed by atoms with Crippen LogP contribution in [0.2, 0.25) is 0 Å². The molecule has 0 aromatic heterocycles. The van der Waals surface area contributed by atoms with Crippen LogP contribution in [0.25, 0.3) is 12.2 Å². The Bertz CT molecular complexity index is 1350. The van der Waals surface area contributed by atoms with Gasteiger partial charge in [-0.25, -0.2) is 0 Å². The highest BCUT2D eigenvalue weighted by Gasteiger charge is 2.39. The molecule has 0 unspecified atom stereocenters. The molecule has 4 aromatic rings. The molecule has 6 heteroatoms. The van der Waals surface area contributed by atoms with Gasteiger partial charge in [0.2, 0.25) is 0 Å². The summed E-state index contributed by atoms with van der Waals surface area (Å²) in [6.45, 7) is 0. The Labute approximate surface area is 195 Å². The average Bonchev–Trinajstić information content (AvgIpc) is 3.18. The van der Waals surface area contributed by atoms with E-state index in [1.807, 2.05) is 12.2 Å². The van der Waals surface area contributed by atoms with Gasteiger partial charge in [0.25, 0.3) is 0 Å². The number of benzene rings is 4. The van der Waals surface area contributed by atoms with Crippen molar-refractivity contribution in [3.8, 4) is 34.5 Å². The standard InChI is InChI=1S/C28H22O6/c29-20-7-2-16(3-8-20)1-4-18-11-24(33)15-25-26(18)27(17-5-9-21(30)10-6-17)28(34-25)19-12-22(31)14-23(32)13-19/h1-15,27-33H/b4-1-/t27-,28+/m0/s1. The largest absolute Gasteiger partial charge is 0.508 e. The summed E-state index contributed by atoms with van der Waals surface area (Å²) in [7, 11) is 0. The summed E-state index contributed by atoms with van der Waals surface area (Å²) in [5, 5.41) is 49.9. The molecule has 0 saturated heterocycles. The van der Waals surface area contributed by atoms with Gasteiger partial charge in [-0.3, -0.25) is 0 Å². The lowest BCUT2D eigenvalue weighted by Crippen LogP contribution is -2.11. The van der Waals surface area contributed by atoms with E-state index in [1.165, 1.54) is 18.2 Å². The van der Waals surface area contributed by atoms with Crippen molar-refractivity contribution in [2.45, 2.75) is 12.0 Å². The molecule has 5 rings (SSSR count). The molecular formula is C28H22O6. The second-order valence-electron chi connectivity index (χ2n) is 8.26. The summed E-state index contributed by atoms with van der Waals surface area (Å²) in [5.41, 5.74) is 3.85. The van der Waals surface area contributed by atoms with Crippen LogP contribution in [0, 0.1) is 0 Å². The first-order valence-corrected chi connectivity index (χ1v) is 10.7. The van der Waals surface area contributed by atoms with Crippen LogP contribution in [0.3, 0.4) is 0 Å². The van der Waals surface area contributed by atoms with E-state index in [0.717, 1.165) is 22.3 Å². The van der Waals surface area contributed by atoms with Crippen molar-refractivity contribution >= 4 is 12.2 Å². The molecule has 0 spiro atoms. The molecule has 5 N–H and O–H groups in total. The number of fused-ring (bicyclic) bond motifs is 1. The number of aromatic hydroxyl groups is 5. The highest BCUT2D eigenvalue weighted by atomic mass is 16.5. The fourth-order valence-corrected chi connectivity index (χ4v) is 4.39. The lowest BCUT2D eigenvalue weighted by atomic mass is 9.82. The third-order valence-electron chi connectivity index (χ3n) is 5.88. The van der Waals surface area contributed by atoms with Crippen LogP contribution < -0.4 is 4.74 Å². The quantitative estimate of drug-likeness (QED) is 0.255. The molecule has 0 radical (unpaired) electrons. The van der Waals surface area contributed by atoms with Gasteiger partial charge >= 0.3 is 0 Å². The molecule has 4 aromatic carbocycles. The van der Waals surface area contributed by atoms with E-state index in [2.05, 4.69) is 0 Å². The summed E-state index contributed by atoms with van der Waals surface area (Å²) in [6.07, 6.45) is 3.14. The van der Waals surface area contributed by atoms with Gasteiger partial charge in [-0.15, -0.1) is 0 Å². The van der Waals surface area contributed by atoms with Crippen LogP contribution in [0.15, 0.2) is 78.9 Å². The van der Waals surface area contributed by atoms with Gasteiger partial charge in [-0.05, 0) is 59.2 Å². The zero-order valence-corrected chi connectivity index (χ0v) is 18.0. The van der Waals surface area contributed by atoms with E-state index in [4.69, 9.17) is 4.74 Å². The van der Waals surface area contributed by atoms with Crippen molar-refractivity contribution in [2.24, 2.45) is 0 Å². The first-order chi connectivity index (χ1) is 16.4. The minimum atomic E-state index is -0.597. The number of hydrogen-bond donors (Lipinski definition) is 5. The Hall–Kier alpha value is -4.58. The van der Waals surface area contributed by atoms with E-state index in [-0.39, 0.29) is 34.7 Å². The van der Waals surface area contributed by atoms with Crippen molar-refractivity contribution in [3.05, 3.63) is 107 Å². The van der Waals surface area contributed by atoms with Crippen molar-refractivity contribution < 1.29 is 30.3 Å². The molecule has 2 atom stereocenters. The lowest BCUT2D eigenvalue weighted by molar-refractivity contribution is 0.221. The van der Waals surface area contributed by atoms with Gasteiger partial charge in [0.1, 0.15) is 40.6 Å². The van der Waals surface area contributed by atoms with E-state index in [9.17, 15) is 25.5 Å². The summed E-state index contributed by atoms with van der Waals surface area (Å²) < 4.78 is 6.28. The topological polar surface area (TPSA) is 110 Å². The van der Waals surface area contributed by atoms with E-state index in [1.54, 1.807) is 60.7 Å². The Kier molecular flexibility index (Phi) is 5.26. The van der Waals surface area contributed by atoms with Gasteiger partial charge in [0.15, 0.2) is 0 Å². The smallest absolute Gasteiger partial charge is 0.135 e. The number of rotatable bonds is 4. The molecule has 0 aliphatic carbocycles. The normalized spacial score (nSPS) is 16.9. The maximum absolute atomic E-state index is 10.4. The van der Waals surface area contributed by atoms with E-state index >= 15 is 0 Å². The number of phenols is 5. The zero-order valence-electron chi connectivity index (χ0n) is 18.0. The van der Waals surface area contributed by atoms with E-state index < -0.39 is 6.10 Å². The van der Waals surface area contributed by atoms with Crippen LogP contribution in [0.1, 0.15) is 39.8 Å². The Balaban J connectivity index is 1.66. The first-order valence-electron chi connectivity index (χ1n) is 10.7. The highest BCUT2D eigenvalue weighted by molar-refractivity contribution is 5.75. The molecule has 34 heavy (non-hydrogen) atoms. The van der Waals surface area contributed by atoms with Crippen molar-refractivity contribution in [1.29, 1.82) is 0 Å². The zero-order chi connectivity index (χ0) is 23.8. The Morgan fingerprint density at radius 1 is 0.559 bits per heavy atom. The van der Waals surface area contributed by atoms with E-state index in [0.29, 0.717) is 11.3 Å². The van der Waals surface area contributed by atoms with Crippen molar-refractivity contribution in [3.63, 3.8) is 0 Å². The summed E-state index contributed by atoms with van der Waals surface area (Å²) in [6, 6.07) is 21.1. The minimum absolute atomic E-state index is 0.0352. The predicted molar refractivity (Wildman–Crippen MR) is 128 cm³/mol. The lowest BCUT2D eigenvalue weighted by Gasteiger charge is -2.21. The summed E-state index contributed by atoms with van der Waals surface area (Å²) in [5.74, 6) is 0.297. The number of hydrogen-bond acceptors (Lipinski definition) is 6. The van der Waals surface area contributed by atoms with Crippen LogP contribution in [-0.4, -0.2) is 25.5 Å². The molecule has 1 aliphatic rings. The maximum atomic E-state index is 10.4. The average molecular weight is 454 g/mol. The molecule has 1 heterocycles. The second-order valence-corrected chi connectivity index (χ2v) is 8.26. The Morgan fingerprint density at radius 3 is 1.79 bits per heavy atom. The predicted octanol–water partition coefficient (Wildman–Crippen LogP) is 5.65. The molecule has 6 nitrogen and oxygen atoms in total. The van der Waals surface area contributed by atoms with Gasteiger partial charge in [-0.2, -0.15) is 0 Å². The fraction of sp³-hybridized carbons (Fsp3) is 0.0714. The second kappa shape index (κ2) is 8.41. The molecular weight excluding hydrogens is 432 g/mol. The first kappa shape index (κ1) is 21.3. The SMILES string of the molecule is Oc1ccc(/C=C\c2cc(O)cc3c2[C@H](c2ccc(O)cc2)[C@@H](c2cc(O)cc(O)c2)O3)cc1. The molecule has 170 valence electrons. The molecule has 0 fully saturated rings. The fourth-order valence-electron chi connectivity index (χ4n) is 4.39. The third-order valence-corrected chi connectivity index (χ3v) is 5.88. The van der Waals surface area contributed by atoms with Crippen LogP contribution in [0.4, 0.5) is 0 Å². The molecule has 0 saturated carbocycles. The molecule has 0 amide bonds. The van der Waals surface area contributed by atoms with Gasteiger partial charge in [0, 0.05) is 23.3 Å². The minimum Gasteiger partial charge on any atom is -0.508 e. The van der Waals surface area contributed by atoms with Gasteiger partial charge < -0.3 is 30.3 Å². The summed E-state index contributed by atoms with van der Waals surface area (Å²) >= 11 is 0. The summed E-state index contributed by atoms with van der Waals surface area (Å²) in [4.78, 5) is 0. The van der Waals surface area contributed by atoms with Crippen LogP contribution in [0.5, 0.6) is 34.5 Å². The van der Waals surface area contributed by atoms with Crippen molar-refractivity contribution in [1.82, 2.24) is 0 Å². The molecule has 1 aliphatic heterocycles. The molecule has 0 bridgehead atoms. The monoisotopic (exact) mass is 454 g/mol. The van der Waals surface area contributed by atoms with Crippen molar-refractivity contribution in [2.75, 3.05) is 0 Å². The highest BCUT2D eigenvalue weighted by Crippen LogP contribution is 2.53.